The van der Waals surface area contributed by atoms with Crippen LogP contribution in [0.5, 0.6) is 0 Å². The van der Waals surface area contributed by atoms with E-state index in [2.05, 4.69) is 66.9 Å². The fraction of sp³-hybridized carbons (Fsp3) is 0.412. The Kier molecular flexibility index (Phi) is 4.74. The van der Waals surface area contributed by atoms with Crippen molar-refractivity contribution < 1.29 is 0 Å². The van der Waals surface area contributed by atoms with E-state index in [1.807, 2.05) is 6.92 Å². The highest BCUT2D eigenvalue weighted by molar-refractivity contribution is 9.10. The van der Waals surface area contributed by atoms with Gasteiger partial charge in [-0.15, -0.1) is 0 Å². The zero-order valence-electron chi connectivity index (χ0n) is 13.1. The van der Waals surface area contributed by atoms with Gasteiger partial charge in [0, 0.05) is 48.5 Å². The number of nitrogens with zero attached hydrogens (tertiary/aromatic N) is 4. The van der Waals surface area contributed by atoms with Crippen LogP contribution in [0.15, 0.2) is 35.1 Å². The predicted octanol–water partition coefficient (Wildman–Crippen LogP) is 3.18. The Hall–Kier alpha value is -1.46. The Labute approximate surface area is 140 Å². The van der Waals surface area contributed by atoms with E-state index < -0.39 is 0 Å². The topological polar surface area (TPSA) is 32.3 Å². The van der Waals surface area contributed by atoms with Crippen LogP contribution in [-0.4, -0.2) is 41.0 Å². The predicted molar refractivity (Wildman–Crippen MR) is 93.1 cm³/mol. The van der Waals surface area contributed by atoms with E-state index in [0.29, 0.717) is 0 Å². The molecule has 0 amide bonds. The number of benzene rings is 1. The van der Waals surface area contributed by atoms with Gasteiger partial charge in [-0.25, -0.2) is 9.97 Å². The summed E-state index contributed by atoms with van der Waals surface area (Å²) < 4.78 is 1.15. The van der Waals surface area contributed by atoms with Crippen molar-refractivity contribution in [3.05, 3.63) is 51.9 Å². The molecule has 2 heterocycles. The highest BCUT2D eigenvalue weighted by Gasteiger charge is 2.20. The number of piperazine rings is 1. The molecule has 3 rings (SSSR count). The van der Waals surface area contributed by atoms with Gasteiger partial charge in [-0.3, -0.25) is 4.90 Å². The van der Waals surface area contributed by atoms with Gasteiger partial charge in [0.15, 0.2) is 0 Å². The normalized spacial score (nSPS) is 16.0. The number of hydrogen-bond donors (Lipinski definition) is 0. The van der Waals surface area contributed by atoms with E-state index in [1.54, 1.807) is 6.33 Å². The van der Waals surface area contributed by atoms with Crippen molar-refractivity contribution >= 4 is 21.7 Å². The number of hydrogen-bond acceptors (Lipinski definition) is 4. The molecular formula is C17H21BrN4. The Bertz CT molecular complexity index is 651. The third-order valence-electron chi connectivity index (χ3n) is 4.28. The molecule has 1 aliphatic heterocycles. The minimum atomic E-state index is 1.01. The zero-order valence-corrected chi connectivity index (χ0v) is 14.7. The SMILES string of the molecule is Cc1ncnc(N2CCN(Cc3cccc(Br)c3)CC2)c1C. The lowest BCUT2D eigenvalue weighted by Gasteiger charge is -2.36. The van der Waals surface area contributed by atoms with Crippen molar-refractivity contribution in [1.82, 2.24) is 14.9 Å². The van der Waals surface area contributed by atoms with E-state index >= 15 is 0 Å². The molecule has 2 aromatic rings. The molecule has 1 fully saturated rings. The second-order valence-electron chi connectivity index (χ2n) is 5.80. The minimum Gasteiger partial charge on any atom is -0.354 e. The van der Waals surface area contributed by atoms with Crippen LogP contribution in [0.4, 0.5) is 5.82 Å². The summed E-state index contributed by atoms with van der Waals surface area (Å²) in [5.41, 5.74) is 3.63. The molecule has 0 atom stereocenters. The first-order valence-corrected chi connectivity index (χ1v) is 8.43. The summed E-state index contributed by atoms with van der Waals surface area (Å²) in [7, 11) is 0. The molecule has 0 radical (unpaired) electrons. The summed E-state index contributed by atoms with van der Waals surface area (Å²) in [6.07, 6.45) is 1.67. The quantitative estimate of drug-likeness (QED) is 0.841. The Morgan fingerprint density at radius 3 is 2.59 bits per heavy atom. The second-order valence-corrected chi connectivity index (χ2v) is 6.72. The van der Waals surface area contributed by atoms with Crippen LogP contribution < -0.4 is 4.90 Å². The molecule has 116 valence electrons. The van der Waals surface area contributed by atoms with Crippen molar-refractivity contribution in [3.8, 4) is 0 Å². The van der Waals surface area contributed by atoms with Gasteiger partial charge in [0.05, 0.1) is 0 Å². The van der Waals surface area contributed by atoms with Crippen LogP contribution >= 0.6 is 15.9 Å². The maximum Gasteiger partial charge on any atom is 0.135 e. The van der Waals surface area contributed by atoms with Gasteiger partial charge in [-0.2, -0.15) is 0 Å². The van der Waals surface area contributed by atoms with E-state index in [1.165, 1.54) is 11.1 Å². The van der Waals surface area contributed by atoms with Crippen molar-refractivity contribution in [2.45, 2.75) is 20.4 Å². The standard InChI is InChI=1S/C17H21BrN4/c1-13-14(2)19-12-20-17(13)22-8-6-21(7-9-22)11-15-4-3-5-16(18)10-15/h3-5,10,12H,6-9,11H2,1-2H3. The molecule has 1 aromatic carbocycles. The third-order valence-corrected chi connectivity index (χ3v) is 4.77. The van der Waals surface area contributed by atoms with Crippen LogP contribution in [0, 0.1) is 13.8 Å². The average molecular weight is 361 g/mol. The highest BCUT2D eigenvalue weighted by Crippen LogP contribution is 2.20. The van der Waals surface area contributed by atoms with Crippen LogP contribution in [-0.2, 0) is 6.54 Å². The van der Waals surface area contributed by atoms with Crippen molar-refractivity contribution in [1.29, 1.82) is 0 Å². The lowest BCUT2D eigenvalue weighted by Crippen LogP contribution is -2.46. The molecule has 22 heavy (non-hydrogen) atoms. The van der Waals surface area contributed by atoms with Crippen molar-refractivity contribution in [2.24, 2.45) is 0 Å². The Balaban J connectivity index is 1.62. The fourth-order valence-corrected chi connectivity index (χ4v) is 3.30. The summed E-state index contributed by atoms with van der Waals surface area (Å²) in [5.74, 6) is 1.09. The molecule has 0 N–H and O–H groups in total. The number of aromatic nitrogens is 2. The molecule has 5 heteroatoms. The van der Waals surface area contributed by atoms with Gasteiger partial charge in [-0.1, -0.05) is 28.1 Å². The van der Waals surface area contributed by atoms with E-state index in [9.17, 15) is 0 Å². The molecule has 0 saturated carbocycles. The van der Waals surface area contributed by atoms with Crippen LogP contribution in [0.25, 0.3) is 0 Å². The fourth-order valence-electron chi connectivity index (χ4n) is 2.86. The highest BCUT2D eigenvalue weighted by atomic mass is 79.9. The van der Waals surface area contributed by atoms with Gasteiger partial charge in [0.1, 0.15) is 12.1 Å². The molecule has 1 saturated heterocycles. The first-order valence-electron chi connectivity index (χ1n) is 7.63. The molecule has 0 bridgehead atoms. The summed E-state index contributed by atoms with van der Waals surface area (Å²) in [6, 6.07) is 8.56. The van der Waals surface area contributed by atoms with Gasteiger partial charge < -0.3 is 4.90 Å². The molecule has 0 aliphatic carbocycles. The summed E-state index contributed by atoms with van der Waals surface area (Å²) in [6.45, 7) is 9.33. The maximum atomic E-state index is 4.47. The maximum absolute atomic E-state index is 4.47. The monoisotopic (exact) mass is 360 g/mol. The molecule has 1 aliphatic rings. The first kappa shape index (κ1) is 15.4. The van der Waals surface area contributed by atoms with Crippen LogP contribution in [0.3, 0.4) is 0 Å². The Morgan fingerprint density at radius 2 is 1.86 bits per heavy atom. The molecule has 4 nitrogen and oxygen atoms in total. The molecule has 0 spiro atoms. The molecule has 1 aromatic heterocycles. The minimum absolute atomic E-state index is 1.01. The molecule has 0 unspecified atom stereocenters. The lowest BCUT2D eigenvalue weighted by atomic mass is 10.2. The van der Waals surface area contributed by atoms with Gasteiger partial charge in [0.2, 0.25) is 0 Å². The van der Waals surface area contributed by atoms with Gasteiger partial charge >= 0.3 is 0 Å². The van der Waals surface area contributed by atoms with Crippen LogP contribution in [0.1, 0.15) is 16.8 Å². The Morgan fingerprint density at radius 1 is 1.09 bits per heavy atom. The molecular weight excluding hydrogens is 340 g/mol. The second kappa shape index (κ2) is 6.75. The first-order chi connectivity index (χ1) is 10.6. The average Bonchev–Trinajstić information content (AvgIpc) is 2.51. The van der Waals surface area contributed by atoms with Gasteiger partial charge in [0.25, 0.3) is 0 Å². The largest absolute Gasteiger partial charge is 0.354 e. The van der Waals surface area contributed by atoms with E-state index in [4.69, 9.17) is 0 Å². The summed E-state index contributed by atoms with van der Waals surface area (Å²) >= 11 is 3.54. The summed E-state index contributed by atoms with van der Waals surface area (Å²) in [4.78, 5) is 13.6. The number of anilines is 1. The lowest BCUT2D eigenvalue weighted by molar-refractivity contribution is 0.249. The zero-order chi connectivity index (χ0) is 15.5. The number of rotatable bonds is 3. The van der Waals surface area contributed by atoms with E-state index in [0.717, 1.165) is 48.7 Å². The smallest absolute Gasteiger partial charge is 0.135 e. The van der Waals surface area contributed by atoms with Crippen molar-refractivity contribution in [2.75, 3.05) is 31.1 Å². The van der Waals surface area contributed by atoms with Gasteiger partial charge in [-0.05, 0) is 31.5 Å². The number of aryl methyl sites for hydroxylation is 1. The number of halogens is 1. The van der Waals surface area contributed by atoms with Crippen LogP contribution in [0.2, 0.25) is 0 Å². The van der Waals surface area contributed by atoms with Crippen molar-refractivity contribution in [3.63, 3.8) is 0 Å². The third kappa shape index (κ3) is 3.47. The van der Waals surface area contributed by atoms with E-state index in [-0.39, 0.29) is 0 Å². The summed E-state index contributed by atoms with van der Waals surface area (Å²) in [5, 5.41) is 0.